The van der Waals surface area contributed by atoms with Gasteiger partial charge in [0.1, 0.15) is 0 Å². The van der Waals surface area contributed by atoms with Crippen LogP contribution >= 0.6 is 0 Å². The van der Waals surface area contributed by atoms with Crippen LogP contribution in [0.3, 0.4) is 0 Å². The molecule has 2 amide bonds. The molecule has 23 heavy (non-hydrogen) atoms. The minimum Gasteiger partial charge on any atom is -0.449 e. The van der Waals surface area contributed by atoms with Crippen LogP contribution in [0, 0.1) is 0 Å². The van der Waals surface area contributed by atoms with E-state index in [9.17, 15) is 18.0 Å². The first-order chi connectivity index (χ1) is 10.9. The summed E-state index contributed by atoms with van der Waals surface area (Å²) < 4.78 is 30.9. The number of sulfonamides is 1. The van der Waals surface area contributed by atoms with Gasteiger partial charge < -0.3 is 4.74 Å². The fourth-order valence-corrected chi connectivity index (χ4v) is 3.79. The summed E-state index contributed by atoms with van der Waals surface area (Å²) in [5.74, 6) is -0.628. The first-order valence-corrected chi connectivity index (χ1v) is 8.72. The predicted octanol–water partition coefficient (Wildman–Crippen LogP) is 0.862. The van der Waals surface area contributed by atoms with Crippen molar-refractivity contribution >= 4 is 22.0 Å². The van der Waals surface area contributed by atoms with E-state index in [1.807, 2.05) is 0 Å². The Hall–Kier alpha value is -2.13. The number of amides is 2. The highest BCUT2D eigenvalue weighted by molar-refractivity contribution is 7.89. The van der Waals surface area contributed by atoms with E-state index in [2.05, 4.69) is 15.6 Å². The van der Waals surface area contributed by atoms with E-state index in [4.69, 9.17) is 0 Å². The number of nitrogens with zero attached hydrogens (tertiary/aromatic N) is 1. The van der Waals surface area contributed by atoms with Crippen molar-refractivity contribution in [3.63, 3.8) is 0 Å². The molecule has 2 rings (SSSR count). The highest BCUT2D eigenvalue weighted by Gasteiger charge is 2.27. The van der Waals surface area contributed by atoms with Gasteiger partial charge in [-0.1, -0.05) is 6.07 Å². The number of benzene rings is 1. The summed E-state index contributed by atoms with van der Waals surface area (Å²) in [6, 6.07) is 5.69. The van der Waals surface area contributed by atoms with Crippen molar-refractivity contribution in [3.8, 4) is 0 Å². The summed E-state index contributed by atoms with van der Waals surface area (Å²) in [6.07, 6.45) is 0.882. The van der Waals surface area contributed by atoms with Crippen LogP contribution in [0.1, 0.15) is 30.1 Å². The van der Waals surface area contributed by atoms with Crippen LogP contribution in [0.2, 0.25) is 0 Å². The van der Waals surface area contributed by atoms with Crippen molar-refractivity contribution in [2.45, 2.75) is 24.7 Å². The zero-order valence-electron chi connectivity index (χ0n) is 12.7. The molecule has 8 nitrogen and oxygen atoms in total. The number of carbonyl (C=O) groups is 2. The molecule has 1 heterocycles. The molecule has 0 aliphatic carbocycles. The monoisotopic (exact) mass is 341 g/mol. The van der Waals surface area contributed by atoms with Crippen molar-refractivity contribution in [3.05, 3.63) is 29.8 Å². The first-order valence-electron chi connectivity index (χ1n) is 7.28. The van der Waals surface area contributed by atoms with Crippen LogP contribution in [-0.2, 0) is 14.8 Å². The molecule has 0 aromatic heterocycles. The maximum atomic E-state index is 12.5. The van der Waals surface area contributed by atoms with Crippen molar-refractivity contribution in [2.75, 3.05) is 19.7 Å². The maximum absolute atomic E-state index is 12.5. The average molecular weight is 341 g/mol. The van der Waals surface area contributed by atoms with Gasteiger partial charge in [-0.15, -0.1) is 0 Å². The first kappa shape index (κ1) is 17.2. The van der Waals surface area contributed by atoms with Crippen LogP contribution in [-0.4, -0.2) is 44.4 Å². The van der Waals surface area contributed by atoms with Gasteiger partial charge in [0, 0.05) is 18.7 Å². The van der Waals surface area contributed by atoms with E-state index in [-0.39, 0.29) is 17.1 Å². The van der Waals surface area contributed by atoms with Crippen LogP contribution in [0.5, 0.6) is 0 Å². The molecule has 2 N–H and O–H groups in total. The lowest BCUT2D eigenvalue weighted by atomic mass is 10.2. The molecule has 9 heteroatoms. The van der Waals surface area contributed by atoms with Gasteiger partial charge in [-0.25, -0.2) is 18.6 Å². The Labute approximate surface area is 134 Å². The molecule has 0 spiro atoms. The van der Waals surface area contributed by atoms with Crippen molar-refractivity contribution in [1.29, 1.82) is 0 Å². The molecular weight excluding hydrogens is 322 g/mol. The van der Waals surface area contributed by atoms with E-state index in [0.29, 0.717) is 13.1 Å². The van der Waals surface area contributed by atoms with Gasteiger partial charge >= 0.3 is 6.09 Å². The average Bonchev–Trinajstić information content (AvgIpc) is 3.08. The lowest BCUT2D eigenvalue weighted by molar-refractivity contribution is 0.0912. The standard InChI is InChI=1S/C14H19N3O5S/c1-2-22-14(19)16-15-13(18)11-6-5-7-12(10-11)23(20,21)17-8-3-4-9-17/h5-7,10H,2-4,8-9H2,1H3,(H,15,18)(H,16,19). The lowest BCUT2D eigenvalue weighted by Gasteiger charge is -2.16. The molecule has 1 aliphatic rings. The molecule has 0 saturated carbocycles. The van der Waals surface area contributed by atoms with Crippen LogP contribution in [0.15, 0.2) is 29.2 Å². The van der Waals surface area contributed by atoms with Crippen molar-refractivity contribution in [1.82, 2.24) is 15.2 Å². The largest absolute Gasteiger partial charge is 0.449 e. The molecule has 1 fully saturated rings. The number of carbonyl (C=O) groups excluding carboxylic acids is 2. The van der Waals surface area contributed by atoms with Gasteiger partial charge in [0.25, 0.3) is 5.91 Å². The van der Waals surface area contributed by atoms with Gasteiger partial charge in [-0.2, -0.15) is 4.31 Å². The Bertz CT molecular complexity index is 683. The highest BCUT2D eigenvalue weighted by Crippen LogP contribution is 2.21. The smallest absolute Gasteiger partial charge is 0.426 e. The fourth-order valence-electron chi connectivity index (χ4n) is 2.22. The van der Waals surface area contributed by atoms with Crippen molar-refractivity contribution in [2.24, 2.45) is 0 Å². The number of hydrogen-bond acceptors (Lipinski definition) is 5. The van der Waals surface area contributed by atoms with Gasteiger partial charge in [0.2, 0.25) is 10.0 Å². The Morgan fingerprint density at radius 2 is 1.91 bits per heavy atom. The van der Waals surface area contributed by atoms with E-state index >= 15 is 0 Å². The van der Waals surface area contributed by atoms with Gasteiger partial charge in [0.05, 0.1) is 11.5 Å². The molecular formula is C14H19N3O5S. The number of rotatable bonds is 4. The number of hydrazine groups is 1. The number of nitrogens with one attached hydrogen (secondary N) is 2. The third-order valence-corrected chi connectivity index (χ3v) is 5.25. The van der Waals surface area contributed by atoms with Crippen LogP contribution in [0.25, 0.3) is 0 Å². The summed E-state index contributed by atoms with van der Waals surface area (Å²) >= 11 is 0. The number of hydrogen-bond donors (Lipinski definition) is 2. The Balaban J connectivity index is 2.10. The second-order valence-electron chi connectivity index (χ2n) is 4.94. The van der Waals surface area contributed by atoms with Gasteiger partial charge in [-0.05, 0) is 38.0 Å². The molecule has 1 saturated heterocycles. The van der Waals surface area contributed by atoms with E-state index in [1.54, 1.807) is 6.92 Å². The zero-order valence-corrected chi connectivity index (χ0v) is 13.6. The Kier molecular flexibility index (Phi) is 5.56. The summed E-state index contributed by atoms with van der Waals surface area (Å²) in [5.41, 5.74) is 4.36. The van der Waals surface area contributed by atoms with Crippen LogP contribution in [0.4, 0.5) is 4.79 Å². The summed E-state index contributed by atoms with van der Waals surface area (Å²) in [5, 5.41) is 0. The Morgan fingerprint density at radius 1 is 1.22 bits per heavy atom. The van der Waals surface area contributed by atoms with Gasteiger partial charge in [0.15, 0.2) is 0 Å². The topological polar surface area (TPSA) is 105 Å². The molecule has 1 aromatic carbocycles. The molecule has 1 aromatic rings. The summed E-state index contributed by atoms with van der Waals surface area (Å²) in [7, 11) is -3.59. The minimum absolute atomic E-state index is 0.0585. The molecule has 0 bridgehead atoms. The lowest BCUT2D eigenvalue weighted by Crippen LogP contribution is -2.42. The molecule has 126 valence electrons. The van der Waals surface area contributed by atoms with E-state index < -0.39 is 22.0 Å². The van der Waals surface area contributed by atoms with Gasteiger partial charge in [-0.3, -0.25) is 10.2 Å². The van der Waals surface area contributed by atoms with E-state index in [1.165, 1.54) is 28.6 Å². The summed E-state index contributed by atoms with van der Waals surface area (Å²) in [4.78, 5) is 23.2. The summed E-state index contributed by atoms with van der Waals surface area (Å²) in [6.45, 7) is 2.78. The Morgan fingerprint density at radius 3 is 2.57 bits per heavy atom. The molecule has 0 radical (unpaired) electrons. The molecule has 0 atom stereocenters. The maximum Gasteiger partial charge on any atom is 0.426 e. The highest BCUT2D eigenvalue weighted by atomic mass is 32.2. The zero-order chi connectivity index (χ0) is 16.9. The second-order valence-corrected chi connectivity index (χ2v) is 6.88. The predicted molar refractivity (Wildman–Crippen MR) is 82.1 cm³/mol. The van der Waals surface area contributed by atoms with Crippen LogP contribution < -0.4 is 10.9 Å². The third kappa shape index (κ3) is 4.20. The van der Waals surface area contributed by atoms with E-state index in [0.717, 1.165) is 12.8 Å². The third-order valence-electron chi connectivity index (χ3n) is 3.35. The SMILES string of the molecule is CCOC(=O)NNC(=O)c1cccc(S(=O)(=O)N2CCCC2)c1. The molecule has 1 aliphatic heterocycles. The second kappa shape index (κ2) is 7.42. The quantitative estimate of drug-likeness (QED) is 0.791. The normalized spacial score (nSPS) is 15.2. The fraction of sp³-hybridized carbons (Fsp3) is 0.429. The van der Waals surface area contributed by atoms with Crippen molar-refractivity contribution < 1.29 is 22.7 Å². The number of ether oxygens (including phenoxy) is 1. The molecule has 0 unspecified atom stereocenters. The minimum atomic E-state index is -3.59.